The largest absolute Gasteiger partial charge is 0.481 e. The van der Waals surface area contributed by atoms with Crippen LogP contribution >= 0.6 is 0 Å². The topological polar surface area (TPSA) is 66.8 Å². The van der Waals surface area contributed by atoms with Crippen LogP contribution in [0.1, 0.15) is 27.2 Å². The number of aliphatic carboxylic acids is 1. The minimum absolute atomic E-state index is 0.0316. The quantitative estimate of drug-likeness (QED) is 0.816. The van der Waals surface area contributed by atoms with E-state index in [1.807, 2.05) is 20.8 Å². The van der Waals surface area contributed by atoms with Gasteiger partial charge in [0.05, 0.1) is 24.0 Å². The molecule has 0 bridgehead atoms. The standard InChI is InChI=1S/C13H21NO4/c1-7-8(5-6-18-7)14(4)11(15)9-10(12(16)17)13(9,2)3/h7-10H,5-6H2,1-4H3,(H,16,17). The number of carbonyl (C=O) groups excluding carboxylic acids is 1. The van der Waals surface area contributed by atoms with Gasteiger partial charge in [0.15, 0.2) is 0 Å². The van der Waals surface area contributed by atoms with Crippen LogP contribution in [-0.2, 0) is 14.3 Å². The molecular formula is C13H21NO4. The zero-order valence-electron chi connectivity index (χ0n) is 11.3. The fourth-order valence-electron chi connectivity index (χ4n) is 3.17. The van der Waals surface area contributed by atoms with Gasteiger partial charge in [-0.05, 0) is 18.8 Å². The van der Waals surface area contributed by atoms with E-state index >= 15 is 0 Å². The van der Waals surface area contributed by atoms with Crippen molar-refractivity contribution < 1.29 is 19.4 Å². The Morgan fingerprint density at radius 1 is 1.33 bits per heavy atom. The molecule has 102 valence electrons. The van der Waals surface area contributed by atoms with Crippen molar-refractivity contribution in [2.45, 2.75) is 39.3 Å². The van der Waals surface area contributed by atoms with E-state index in [-0.39, 0.29) is 18.1 Å². The summed E-state index contributed by atoms with van der Waals surface area (Å²) in [5.41, 5.74) is -0.431. The number of hydrogen-bond acceptors (Lipinski definition) is 3. The van der Waals surface area contributed by atoms with Crippen molar-refractivity contribution in [2.24, 2.45) is 17.3 Å². The van der Waals surface area contributed by atoms with E-state index < -0.39 is 23.2 Å². The fourth-order valence-corrected chi connectivity index (χ4v) is 3.17. The van der Waals surface area contributed by atoms with Crippen LogP contribution in [0.25, 0.3) is 0 Å². The number of likely N-dealkylation sites (N-methyl/N-ethyl adjacent to an activating group) is 1. The lowest BCUT2D eigenvalue weighted by Gasteiger charge is -2.27. The van der Waals surface area contributed by atoms with E-state index in [0.29, 0.717) is 6.61 Å². The van der Waals surface area contributed by atoms with Gasteiger partial charge in [0.2, 0.25) is 5.91 Å². The molecule has 2 fully saturated rings. The Labute approximate surface area is 107 Å². The summed E-state index contributed by atoms with van der Waals surface area (Å²) in [5, 5.41) is 9.11. The zero-order chi connectivity index (χ0) is 13.7. The van der Waals surface area contributed by atoms with Crippen molar-refractivity contribution >= 4 is 11.9 Å². The summed E-state index contributed by atoms with van der Waals surface area (Å²) in [4.78, 5) is 25.2. The first kappa shape index (κ1) is 13.3. The third-order valence-corrected chi connectivity index (χ3v) is 4.54. The second kappa shape index (κ2) is 4.23. The first-order chi connectivity index (χ1) is 8.28. The monoisotopic (exact) mass is 255 g/mol. The molecule has 0 aromatic rings. The van der Waals surface area contributed by atoms with Gasteiger partial charge in [-0.2, -0.15) is 0 Å². The molecule has 4 atom stereocenters. The number of carboxylic acids is 1. The van der Waals surface area contributed by atoms with E-state index in [9.17, 15) is 9.59 Å². The maximum Gasteiger partial charge on any atom is 0.307 e. The van der Waals surface area contributed by atoms with Gasteiger partial charge in [0.1, 0.15) is 0 Å². The third-order valence-electron chi connectivity index (χ3n) is 4.54. The minimum atomic E-state index is -0.873. The second-order valence-electron chi connectivity index (χ2n) is 6.00. The molecule has 1 aliphatic heterocycles. The van der Waals surface area contributed by atoms with Gasteiger partial charge in [-0.15, -0.1) is 0 Å². The third kappa shape index (κ3) is 1.90. The molecule has 0 aromatic heterocycles. The Morgan fingerprint density at radius 3 is 2.33 bits per heavy atom. The molecule has 1 aliphatic carbocycles. The maximum absolute atomic E-state index is 12.4. The van der Waals surface area contributed by atoms with Crippen LogP contribution in [0.15, 0.2) is 0 Å². The molecule has 0 spiro atoms. The Bertz CT molecular complexity index is 379. The van der Waals surface area contributed by atoms with Crippen LogP contribution in [0.5, 0.6) is 0 Å². The molecule has 5 nitrogen and oxygen atoms in total. The number of ether oxygens (including phenoxy) is 1. The summed E-state index contributed by atoms with van der Waals surface area (Å²) in [6.45, 7) is 6.31. The number of rotatable bonds is 3. The Kier molecular flexibility index (Phi) is 3.13. The van der Waals surface area contributed by atoms with E-state index in [4.69, 9.17) is 9.84 Å². The molecule has 1 saturated carbocycles. The highest BCUT2D eigenvalue weighted by molar-refractivity contribution is 5.91. The van der Waals surface area contributed by atoms with Crippen LogP contribution in [-0.4, -0.2) is 47.7 Å². The smallest absolute Gasteiger partial charge is 0.307 e. The average molecular weight is 255 g/mol. The molecule has 1 amide bonds. The second-order valence-corrected chi connectivity index (χ2v) is 6.00. The molecule has 5 heteroatoms. The number of amides is 1. The van der Waals surface area contributed by atoms with Crippen LogP contribution in [0, 0.1) is 17.3 Å². The van der Waals surface area contributed by atoms with Crippen molar-refractivity contribution in [1.29, 1.82) is 0 Å². The van der Waals surface area contributed by atoms with E-state index in [1.165, 1.54) is 0 Å². The highest BCUT2D eigenvalue weighted by Crippen LogP contribution is 2.59. The molecule has 18 heavy (non-hydrogen) atoms. The summed E-state index contributed by atoms with van der Waals surface area (Å²) in [6.07, 6.45) is 0.859. The summed E-state index contributed by atoms with van der Waals surface area (Å²) in [6, 6.07) is 0.0725. The molecule has 1 N–H and O–H groups in total. The average Bonchev–Trinajstić information content (AvgIpc) is 2.63. The van der Waals surface area contributed by atoms with Crippen molar-refractivity contribution in [3.8, 4) is 0 Å². The van der Waals surface area contributed by atoms with Crippen LogP contribution in [0.3, 0.4) is 0 Å². The Balaban J connectivity index is 2.06. The van der Waals surface area contributed by atoms with Gasteiger partial charge in [0.25, 0.3) is 0 Å². The molecule has 1 heterocycles. The molecule has 4 unspecified atom stereocenters. The normalized spacial score (nSPS) is 37.3. The molecule has 2 aliphatic rings. The lowest BCUT2D eigenvalue weighted by atomic mass is 10.1. The highest BCUT2D eigenvalue weighted by atomic mass is 16.5. The molecule has 2 rings (SSSR count). The number of carboxylic acid groups (broad SMARTS) is 1. The van der Waals surface area contributed by atoms with Crippen LogP contribution < -0.4 is 0 Å². The maximum atomic E-state index is 12.4. The summed E-state index contributed by atoms with van der Waals surface area (Å²) >= 11 is 0. The van der Waals surface area contributed by atoms with E-state index in [2.05, 4.69) is 0 Å². The highest BCUT2D eigenvalue weighted by Gasteiger charge is 2.66. The van der Waals surface area contributed by atoms with Crippen molar-refractivity contribution in [2.75, 3.05) is 13.7 Å². The van der Waals surface area contributed by atoms with Gasteiger partial charge in [0, 0.05) is 13.7 Å². The summed E-state index contributed by atoms with van der Waals surface area (Å²) in [7, 11) is 1.76. The number of hydrogen-bond donors (Lipinski definition) is 1. The first-order valence-corrected chi connectivity index (χ1v) is 6.39. The van der Waals surface area contributed by atoms with Gasteiger partial charge in [-0.25, -0.2) is 0 Å². The van der Waals surface area contributed by atoms with Crippen molar-refractivity contribution in [3.63, 3.8) is 0 Å². The minimum Gasteiger partial charge on any atom is -0.481 e. The van der Waals surface area contributed by atoms with Crippen molar-refractivity contribution in [1.82, 2.24) is 4.90 Å². The Hall–Kier alpha value is -1.10. The Morgan fingerprint density at radius 2 is 1.94 bits per heavy atom. The van der Waals surface area contributed by atoms with E-state index in [1.54, 1.807) is 11.9 Å². The van der Waals surface area contributed by atoms with E-state index in [0.717, 1.165) is 6.42 Å². The van der Waals surface area contributed by atoms with Crippen molar-refractivity contribution in [3.05, 3.63) is 0 Å². The first-order valence-electron chi connectivity index (χ1n) is 6.39. The fraction of sp³-hybridized carbons (Fsp3) is 0.846. The molecule has 0 aromatic carbocycles. The predicted molar refractivity (Wildman–Crippen MR) is 65.0 cm³/mol. The molecular weight excluding hydrogens is 234 g/mol. The lowest BCUT2D eigenvalue weighted by Crippen LogP contribution is -2.42. The summed E-state index contributed by atoms with van der Waals surface area (Å²) < 4.78 is 5.45. The van der Waals surface area contributed by atoms with Crippen LogP contribution in [0.4, 0.5) is 0 Å². The number of carbonyl (C=O) groups is 2. The molecule has 1 saturated heterocycles. The number of nitrogens with zero attached hydrogens (tertiary/aromatic N) is 1. The predicted octanol–water partition coefficient (Wildman–Crippen LogP) is 0.979. The summed E-state index contributed by atoms with van der Waals surface area (Å²) in [5.74, 6) is -1.88. The SMILES string of the molecule is CC1OCCC1N(C)C(=O)C1C(C(=O)O)C1(C)C. The van der Waals surface area contributed by atoms with Gasteiger partial charge < -0.3 is 14.7 Å². The lowest BCUT2D eigenvalue weighted by molar-refractivity contribution is -0.142. The molecule has 0 radical (unpaired) electrons. The van der Waals surface area contributed by atoms with Gasteiger partial charge >= 0.3 is 5.97 Å². The van der Waals surface area contributed by atoms with Crippen LogP contribution in [0.2, 0.25) is 0 Å². The van der Waals surface area contributed by atoms with Gasteiger partial charge in [-0.1, -0.05) is 13.8 Å². The van der Waals surface area contributed by atoms with Gasteiger partial charge in [-0.3, -0.25) is 9.59 Å². The zero-order valence-corrected chi connectivity index (χ0v) is 11.3.